The van der Waals surface area contributed by atoms with E-state index in [1.165, 1.54) is 0 Å². The number of hydrogen-bond donors (Lipinski definition) is 2. The van der Waals surface area contributed by atoms with Gasteiger partial charge in [-0.3, -0.25) is 4.79 Å². The van der Waals surface area contributed by atoms with Crippen LogP contribution in [-0.4, -0.2) is 27.3 Å². The van der Waals surface area contributed by atoms with Crippen molar-refractivity contribution in [3.63, 3.8) is 0 Å². The van der Waals surface area contributed by atoms with Crippen molar-refractivity contribution in [2.45, 2.75) is 6.92 Å². The zero-order chi connectivity index (χ0) is 15.7. The van der Waals surface area contributed by atoms with Gasteiger partial charge >= 0.3 is 0 Å². The second-order valence-electron chi connectivity index (χ2n) is 4.87. The highest BCUT2D eigenvalue weighted by molar-refractivity contribution is 5.85. The minimum Gasteiger partial charge on any atom is -0.481 e. The summed E-state index contributed by atoms with van der Waals surface area (Å²) in [6.45, 7) is 1.66. The second kappa shape index (κ2) is 5.36. The molecule has 0 fully saturated rings. The number of para-hydroxylation sites is 1. The quantitative estimate of drug-likeness (QED) is 0.751. The lowest BCUT2D eigenvalue weighted by molar-refractivity contribution is -0.119. The fraction of sp³-hybridized carbons (Fsp3) is 0.133. The van der Waals surface area contributed by atoms with Crippen LogP contribution >= 0.6 is 0 Å². The molecule has 7 heteroatoms. The smallest absolute Gasteiger partial charge is 0.255 e. The van der Waals surface area contributed by atoms with Crippen LogP contribution in [-0.2, 0) is 4.79 Å². The number of pyridine rings is 1. The molecule has 0 spiro atoms. The monoisotopic (exact) mass is 297 g/mol. The highest BCUT2D eigenvalue weighted by atomic mass is 16.5. The summed E-state index contributed by atoms with van der Waals surface area (Å²) in [6, 6.07) is 10.9. The highest BCUT2D eigenvalue weighted by Gasteiger charge is 2.10. The number of ether oxygens (including phenoxy) is 1. The predicted molar refractivity (Wildman–Crippen MR) is 82.7 cm³/mol. The van der Waals surface area contributed by atoms with Crippen LogP contribution in [0.2, 0.25) is 0 Å². The van der Waals surface area contributed by atoms with E-state index in [-0.39, 0.29) is 6.61 Å². The van der Waals surface area contributed by atoms with E-state index in [0.717, 1.165) is 11.1 Å². The molecule has 112 valence electrons. The van der Waals surface area contributed by atoms with Gasteiger partial charge in [0.15, 0.2) is 12.4 Å². The summed E-state index contributed by atoms with van der Waals surface area (Å²) < 4.78 is 6.96. The van der Waals surface area contributed by atoms with E-state index in [4.69, 9.17) is 16.2 Å². The minimum atomic E-state index is -0.542. The van der Waals surface area contributed by atoms with E-state index < -0.39 is 5.91 Å². The minimum absolute atomic E-state index is 0.200. The molecule has 3 aromatic rings. The largest absolute Gasteiger partial charge is 0.481 e. The Kier molecular flexibility index (Phi) is 3.38. The molecule has 0 unspecified atom stereocenters. The Hall–Kier alpha value is -3.09. The first-order valence-corrected chi connectivity index (χ1v) is 6.68. The van der Waals surface area contributed by atoms with E-state index in [1.54, 1.807) is 16.8 Å². The lowest BCUT2D eigenvalue weighted by Crippen LogP contribution is -2.20. The molecule has 1 aromatic carbocycles. The summed E-state index contributed by atoms with van der Waals surface area (Å²) in [5.41, 5.74) is 12.5. The van der Waals surface area contributed by atoms with E-state index in [1.807, 2.05) is 31.2 Å². The van der Waals surface area contributed by atoms with Crippen molar-refractivity contribution in [3.8, 4) is 11.6 Å². The molecule has 1 amide bonds. The van der Waals surface area contributed by atoms with Gasteiger partial charge in [0.2, 0.25) is 0 Å². The molecule has 0 saturated carbocycles. The van der Waals surface area contributed by atoms with Gasteiger partial charge in [-0.25, -0.2) is 4.98 Å². The van der Waals surface area contributed by atoms with Crippen molar-refractivity contribution in [3.05, 3.63) is 42.1 Å². The molecular weight excluding hydrogens is 282 g/mol. The second-order valence-corrected chi connectivity index (χ2v) is 4.87. The molecular formula is C15H15N5O2. The third-order valence-corrected chi connectivity index (χ3v) is 3.11. The Morgan fingerprint density at radius 3 is 2.82 bits per heavy atom. The summed E-state index contributed by atoms with van der Waals surface area (Å²) in [5.74, 6) is 1.02. The third-order valence-electron chi connectivity index (χ3n) is 3.11. The number of anilines is 1. The van der Waals surface area contributed by atoms with Crippen LogP contribution in [0.1, 0.15) is 5.69 Å². The summed E-state index contributed by atoms with van der Waals surface area (Å²) in [7, 11) is 0. The van der Waals surface area contributed by atoms with Gasteiger partial charge < -0.3 is 16.2 Å². The van der Waals surface area contributed by atoms with Crippen molar-refractivity contribution in [2.24, 2.45) is 5.73 Å². The number of aryl methyl sites for hydroxylation is 1. The van der Waals surface area contributed by atoms with Gasteiger partial charge in [-0.05, 0) is 25.1 Å². The van der Waals surface area contributed by atoms with Crippen LogP contribution in [0.25, 0.3) is 16.7 Å². The lowest BCUT2D eigenvalue weighted by Gasteiger charge is -2.09. The van der Waals surface area contributed by atoms with Gasteiger partial charge in [-0.1, -0.05) is 12.1 Å². The third kappa shape index (κ3) is 2.56. The molecule has 0 aliphatic rings. The fourth-order valence-electron chi connectivity index (χ4n) is 2.20. The number of amides is 1. The predicted octanol–water partition coefficient (Wildman–Crippen LogP) is 1.18. The standard InChI is InChI=1S/C15H15N5O2/c1-9-7-12(16)20(19-9)14-6-5-10-3-2-4-11(15(10)18-14)22-8-13(17)21/h2-7H,8,16H2,1H3,(H2,17,21). The van der Waals surface area contributed by atoms with Gasteiger partial charge in [0.25, 0.3) is 5.91 Å². The Balaban J connectivity index is 2.09. The van der Waals surface area contributed by atoms with Gasteiger partial charge in [0, 0.05) is 11.5 Å². The highest BCUT2D eigenvalue weighted by Crippen LogP contribution is 2.25. The first-order chi connectivity index (χ1) is 10.5. The van der Waals surface area contributed by atoms with E-state index in [0.29, 0.717) is 22.9 Å². The Morgan fingerprint density at radius 2 is 2.14 bits per heavy atom. The zero-order valence-electron chi connectivity index (χ0n) is 12.0. The topological polar surface area (TPSA) is 109 Å². The summed E-state index contributed by atoms with van der Waals surface area (Å²) in [6.07, 6.45) is 0. The molecule has 4 N–H and O–H groups in total. The molecule has 0 saturated heterocycles. The normalized spacial score (nSPS) is 10.8. The molecule has 7 nitrogen and oxygen atoms in total. The summed E-state index contributed by atoms with van der Waals surface area (Å²) >= 11 is 0. The number of nitrogens with two attached hydrogens (primary N) is 2. The number of carbonyl (C=O) groups excluding carboxylic acids is 1. The number of nitrogen functional groups attached to an aromatic ring is 1. The average Bonchev–Trinajstić information content (AvgIpc) is 2.83. The van der Waals surface area contributed by atoms with Crippen LogP contribution in [0.4, 0.5) is 5.82 Å². The molecule has 2 aromatic heterocycles. The number of aromatic nitrogens is 3. The maximum absolute atomic E-state index is 10.9. The Morgan fingerprint density at radius 1 is 1.32 bits per heavy atom. The first kappa shape index (κ1) is 13.9. The van der Waals surface area contributed by atoms with Crippen molar-refractivity contribution in [1.82, 2.24) is 14.8 Å². The number of primary amides is 1. The Labute approximate surface area is 126 Å². The van der Waals surface area contributed by atoms with Gasteiger partial charge in [0.05, 0.1) is 5.69 Å². The van der Waals surface area contributed by atoms with Crippen LogP contribution < -0.4 is 16.2 Å². The number of hydrogen-bond acceptors (Lipinski definition) is 5. The van der Waals surface area contributed by atoms with Crippen molar-refractivity contribution in [2.75, 3.05) is 12.3 Å². The van der Waals surface area contributed by atoms with Crippen molar-refractivity contribution < 1.29 is 9.53 Å². The lowest BCUT2D eigenvalue weighted by atomic mass is 10.2. The van der Waals surface area contributed by atoms with E-state index in [9.17, 15) is 4.79 Å². The van der Waals surface area contributed by atoms with Gasteiger partial charge in [0.1, 0.15) is 17.1 Å². The summed E-state index contributed by atoms with van der Waals surface area (Å²) in [4.78, 5) is 15.4. The SMILES string of the molecule is Cc1cc(N)n(-c2ccc3cccc(OCC(N)=O)c3n2)n1. The maximum Gasteiger partial charge on any atom is 0.255 e. The number of fused-ring (bicyclic) bond motifs is 1. The fourth-order valence-corrected chi connectivity index (χ4v) is 2.20. The van der Waals surface area contributed by atoms with Gasteiger partial charge in [-0.15, -0.1) is 0 Å². The van der Waals surface area contributed by atoms with Gasteiger partial charge in [-0.2, -0.15) is 9.78 Å². The van der Waals surface area contributed by atoms with Crippen molar-refractivity contribution >= 4 is 22.6 Å². The molecule has 22 heavy (non-hydrogen) atoms. The molecule has 0 aliphatic heterocycles. The van der Waals surface area contributed by atoms with Crippen molar-refractivity contribution in [1.29, 1.82) is 0 Å². The number of carbonyl (C=O) groups is 1. The first-order valence-electron chi connectivity index (χ1n) is 6.68. The maximum atomic E-state index is 10.9. The molecule has 0 aliphatic carbocycles. The number of rotatable bonds is 4. The van der Waals surface area contributed by atoms with E-state index in [2.05, 4.69) is 10.1 Å². The van der Waals surface area contributed by atoms with Crippen LogP contribution in [0.3, 0.4) is 0 Å². The zero-order valence-corrected chi connectivity index (χ0v) is 12.0. The molecule has 0 radical (unpaired) electrons. The molecule has 2 heterocycles. The summed E-state index contributed by atoms with van der Waals surface area (Å²) in [5, 5.41) is 5.19. The Bertz CT molecular complexity index is 856. The number of benzene rings is 1. The van der Waals surface area contributed by atoms with Crippen LogP contribution in [0, 0.1) is 6.92 Å². The number of nitrogens with zero attached hydrogens (tertiary/aromatic N) is 3. The molecule has 3 rings (SSSR count). The van der Waals surface area contributed by atoms with E-state index >= 15 is 0 Å². The van der Waals surface area contributed by atoms with Crippen LogP contribution in [0.15, 0.2) is 36.4 Å². The molecule has 0 bridgehead atoms. The average molecular weight is 297 g/mol. The van der Waals surface area contributed by atoms with Crippen LogP contribution in [0.5, 0.6) is 5.75 Å². The molecule has 0 atom stereocenters.